The molecule has 4 aromatic rings. The molecule has 0 saturated carbocycles. The van der Waals surface area contributed by atoms with Gasteiger partial charge in [0.2, 0.25) is 0 Å². The fraction of sp³-hybridized carbons (Fsp3) is 0.357. The first-order chi connectivity index (χ1) is 20.4. The van der Waals surface area contributed by atoms with E-state index in [0.717, 1.165) is 23.9 Å². The maximum Gasteiger partial charge on any atom is 0.417 e. The van der Waals surface area contributed by atoms with Crippen molar-refractivity contribution in [3.05, 3.63) is 69.4 Å². The molecule has 2 aromatic heterocycles. The van der Waals surface area contributed by atoms with Gasteiger partial charge >= 0.3 is 17.9 Å². The Morgan fingerprint density at radius 2 is 1.74 bits per heavy atom. The van der Waals surface area contributed by atoms with E-state index in [1.165, 1.54) is 17.0 Å². The van der Waals surface area contributed by atoms with Crippen LogP contribution in [0.3, 0.4) is 0 Å². The molecule has 0 unspecified atom stereocenters. The lowest BCUT2D eigenvalue weighted by molar-refractivity contribution is -0.137. The van der Waals surface area contributed by atoms with E-state index < -0.39 is 51.3 Å². The van der Waals surface area contributed by atoms with Crippen LogP contribution in [-0.2, 0) is 12.7 Å². The lowest BCUT2D eigenvalue weighted by Gasteiger charge is -2.37. The third-order valence-corrected chi connectivity index (χ3v) is 8.77. The molecule has 2 aliphatic rings. The van der Waals surface area contributed by atoms with Gasteiger partial charge in [-0.25, -0.2) is 23.5 Å². The summed E-state index contributed by atoms with van der Waals surface area (Å²) in [6.07, 6.45) is -2.80. The van der Waals surface area contributed by atoms with Crippen LogP contribution < -0.4 is 20.6 Å². The number of benzene rings is 2. The van der Waals surface area contributed by atoms with Crippen molar-refractivity contribution in [1.82, 2.24) is 24.8 Å². The predicted octanol–water partition coefficient (Wildman–Crippen LogP) is 5.54. The van der Waals surface area contributed by atoms with Crippen LogP contribution in [0.25, 0.3) is 22.0 Å². The minimum absolute atomic E-state index is 0.0179. The van der Waals surface area contributed by atoms with Crippen molar-refractivity contribution in [2.75, 3.05) is 23.7 Å². The lowest BCUT2D eigenvalue weighted by atomic mass is 9.95. The van der Waals surface area contributed by atoms with E-state index in [1.54, 1.807) is 11.0 Å². The van der Waals surface area contributed by atoms with Gasteiger partial charge in [0.1, 0.15) is 23.6 Å². The molecule has 2 aliphatic heterocycles. The molecule has 43 heavy (non-hydrogen) atoms. The smallest absolute Gasteiger partial charge is 0.417 e. The van der Waals surface area contributed by atoms with Crippen LogP contribution in [0.2, 0.25) is 5.02 Å². The molecule has 0 amide bonds. The molecule has 3 atom stereocenters. The molecule has 1 N–H and O–H groups in total. The molecular formula is C28H24ClF5N6O2S. The first-order valence-corrected chi connectivity index (χ1v) is 14.7. The maximum absolute atomic E-state index is 15.3. The first-order valence-electron chi connectivity index (χ1n) is 13.3. The number of nitrogens with zero attached hydrogens (tertiary/aromatic N) is 5. The summed E-state index contributed by atoms with van der Waals surface area (Å²) in [4.78, 5) is 27.8. The van der Waals surface area contributed by atoms with Gasteiger partial charge in [0, 0.05) is 70.8 Å². The number of hydrogen-bond acceptors (Lipinski definition) is 8. The van der Waals surface area contributed by atoms with E-state index in [4.69, 9.17) is 16.3 Å². The molecule has 6 rings (SSSR count). The highest BCUT2D eigenvalue weighted by Gasteiger charge is 2.40. The Bertz CT molecular complexity index is 1760. The monoisotopic (exact) mass is 638 g/mol. The standard InChI is InChI=1S/C28H24ClF5N6O2S/c1-13-9-39(10-14(2)37-13)25-17-6-18(28(32,33)34)22(16-7-19(29)21(31)8-20(16)30)24-23(17)40(27(41)38-25)11-15(12-43-24)42-26-35-4-3-5-36-26/h3-8,13-15,37H,9-12H2,1-2H3/t13-,14+,15-/m0/s1. The second-order valence-electron chi connectivity index (χ2n) is 10.6. The highest BCUT2D eigenvalue weighted by molar-refractivity contribution is 7.99. The third-order valence-electron chi connectivity index (χ3n) is 7.25. The second kappa shape index (κ2) is 11.2. The Balaban J connectivity index is 1.66. The van der Waals surface area contributed by atoms with Crippen LogP contribution in [-0.4, -0.2) is 56.5 Å². The molecule has 0 aliphatic carbocycles. The SMILES string of the molecule is C[C@@H]1CN(c2nc(=O)n3c4c(c(-c5cc(Cl)c(F)cc5F)c(C(F)(F)F)cc24)SC[C@@H](Oc2ncccn2)C3)C[C@H](C)N1. The van der Waals surface area contributed by atoms with Gasteiger partial charge in [-0.05, 0) is 32.0 Å². The van der Waals surface area contributed by atoms with Crippen molar-refractivity contribution in [2.45, 2.75) is 49.7 Å². The minimum atomic E-state index is -4.96. The molecular weight excluding hydrogens is 615 g/mol. The summed E-state index contributed by atoms with van der Waals surface area (Å²) in [6, 6.07) is 3.71. The van der Waals surface area contributed by atoms with Gasteiger partial charge in [-0.15, -0.1) is 11.8 Å². The number of hydrogen-bond donors (Lipinski definition) is 1. The number of halogens is 6. The van der Waals surface area contributed by atoms with Crippen molar-refractivity contribution in [3.8, 4) is 17.1 Å². The number of ether oxygens (including phenoxy) is 1. The zero-order valence-electron chi connectivity index (χ0n) is 22.8. The van der Waals surface area contributed by atoms with Crippen molar-refractivity contribution < 1.29 is 26.7 Å². The summed E-state index contributed by atoms with van der Waals surface area (Å²) in [7, 11) is 0. The summed E-state index contributed by atoms with van der Waals surface area (Å²) >= 11 is 6.91. The zero-order valence-corrected chi connectivity index (χ0v) is 24.3. The molecule has 15 heteroatoms. The average Bonchev–Trinajstić information content (AvgIpc) is 3.13. The quantitative estimate of drug-likeness (QED) is 0.230. The molecule has 1 fully saturated rings. The molecule has 0 radical (unpaired) electrons. The van der Waals surface area contributed by atoms with Crippen molar-refractivity contribution >= 4 is 40.1 Å². The van der Waals surface area contributed by atoms with Gasteiger partial charge in [0.15, 0.2) is 0 Å². The Hall–Kier alpha value is -3.49. The molecule has 8 nitrogen and oxygen atoms in total. The Labute approximate surface area is 251 Å². The average molecular weight is 639 g/mol. The Morgan fingerprint density at radius 3 is 2.42 bits per heavy atom. The zero-order chi connectivity index (χ0) is 30.6. The fourth-order valence-corrected chi connectivity index (χ4v) is 7.06. The minimum Gasteiger partial charge on any atom is -0.457 e. The topological polar surface area (TPSA) is 85.2 Å². The van der Waals surface area contributed by atoms with Crippen LogP contribution >= 0.6 is 23.4 Å². The normalized spacial score (nSPS) is 20.7. The van der Waals surface area contributed by atoms with E-state index in [-0.39, 0.29) is 52.0 Å². The summed E-state index contributed by atoms with van der Waals surface area (Å²) in [6.45, 7) is 4.54. The van der Waals surface area contributed by atoms with Crippen LogP contribution in [0.5, 0.6) is 6.01 Å². The summed E-state index contributed by atoms with van der Waals surface area (Å²) < 4.78 is 81.2. The van der Waals surface area contributed by atoms with Crippen LogP contribution in [0, 0.1) is 11.6 Å². The maximum atomic E-state index is 15.3. The number of piperazine rings is 1. The molecule has 4 heterocycles. The molecule has 2 aromatic carbocycles. The molecule has 0 bridgehead atoms. The van der Waals surface area contributed by atoms with Gasteiger partial charge in [0.05, 0.1) is 22.6 Å². The summed E-state index contributed by atoms with van der Waals surface area (Å²) in [5.74, 6) is -2.20. The molecule has 0 spiro atoms. The van der Waals surface area contributed by atoms with Crippen LogP contribution in [0.1, 0.15) is 19.4 Å². The number of thioether (sulfide) groups is 1. The van der Waals surface area contributed by atoms with Crippen molar-refractivity contribution in [2.24, 2.45) is 0 Å². The first kappa shape index (κ1) is 29.6. The highest BCUT2D eigenvalue weighted by atomic mass is 35.5. The van der Waals surface area contributed by atoms with Crippen LogP contribution in [0.15, 0.2) is 46.3 Å². The number of rotatable bonds is 4. The number of anilines is 1. The predicted molar refractivity (Wildman–Crippen MR) is 153 cm³/mol. The molecule has 226 valence electrons. The van der Waals surface area contributed by atoms with Crippen LogP contribution in [0.4, 0.5) is 27.8 Å². The van der Waals surface area contributed by atoms with E-state index in [1.807, 2.05) is 13.8 Å². The largest absolute Gasteiger partial charge is 0.457 e. The van der Waals surface area contributed by atoms with E-state index in [9.17, 15) is 22.4 Å². The van der Waals surface area contributed by atoms with E-state index in [0.29, 0.717) is 19.2 Å². The van der Waals surface area contributed by atoms with Gasteiger partial charge in [0.25, 0.3) is 0 Å². The van der Waals surface area contributed by atoms with Gasteiger partial charge in [-0.3, -0.25) is 4.57 Å². The van der Waals surface area contributed by atoms with Gasteiger partial charge in [-0.2, -0.15) is 18.2 Å². The number of nitrogens with one attached hydrogen (secondary N) is 1. The Kier molecular flexibility index (Phi) is 7.71. The van der Waals surface area contributed by atoms with Crippen molar-refractivity contribution in [3.63, 3.8) is 0 Å². The second-order valence-corrected chi connectivity index (χ2v) is 12.0. The summed E-state index contributed by atoms with van der Waals surface area (Å²) in [5.41, 5.74) is -2.83. The fourth-order valence-electron chi connectivity index (χ4n) is 5.65. The highest BCUT2D eigenvalue weighted by Crippen LogP contribution is 2.49. The third kappa shape index (κ3) is 5.63. The number of alkyl halides is 3. The van der Waals surface area contributed by atoms with Gasteiger partial charge < -0.3 is 15.0 Å². The van der Waals surface area contributed by atoms with E-state index in [2.05, 4.69) is 20.3 Å². The van der Waals surface area contributed by atoms with E-state index >= 15 is 4.39 Å². The van der Waals surface area contributed by atoms with Crippen molar-refractivity contribution in [1.29, 1.82) is 0 Å². The summed E-state index contributed by atoms with van der Waals surface area (Å²) in [5, 5.41) is 2.88. The Morgan fingerprint density at radius 1 is 1.05 bits per heavy atom. The molecule has 1 saturated heterocycles. The number of aromatic nitrogens is 4. The van der Waals surface area contributed by atoms with Gasteiger partial charge in [-0.1, -0.05) is 11.6 Å². The lowest BCUT2D eigenvalue weighted by Crippen LogP contribution is -2.55.